The van der Waals surface area contributed by atoms with E-state index in [9.17, 15) is 26.3 Å². The summed E-state index contributed by atoms with van der Waals surface area (Å²) in [5.41, 5.74) is -2.97. The highest BCUT2D eigenvalue weighted by Crippen LogP contribution is 2.41. The molecule has 0 aliphatic carbocycles. The molecule has 1 aromatic heterocycles. The minimum Gasteiger partial charge on any atom is -0.241 e. The van der Waals surface area contributed by atoms with Gasteiger partial charge in [0.15, 0.2) is 0 Å². The quantitative estimate of drug-likeness (QED) is 0.614. The van der Waals surface area contributed by atoms with Crippen molar-refractivity contribution >= 4 is 11.3 Å². The van der Waals surface area contributed by atoms with Crippen molar-refractivity contribution in [2.75, 3.05) is 0 Å². The van der Waals surface area contributed by atoms with Crippen LogP contribution in [-0.2, 0) is 12.4 Å². The number of alkyl halides is 6. The Balaban J connectivity index is 2.60. The molecule has 2 rings (SSSR count). The molecule has 0 aliphatic heterocycles. The zero-order valence-electron chi connectivity index (χ0n) is 11.5. The molecule has 1 aromatic carbocycles. The van der Waals surface area contributed by atoms with Gasteiger partial charge in [-0.15, -0.1) is 11.3 Å². The van der Waals surface area contributed by atoms with Gasteiger partial charge in [-0.05, 0) is 12.1 Å². The summed E-state index contributed by atoms with van der Waals surface area (Å²) in [6.45, 7) is 3.67. The van der Waals surface area contributed by atoms with Gasteiger partial charge >= 0.3 is 12.4 Å². The molecular weight excluding hydrogens is 328 g/mol. The second-order valence-corrected chi connectivity index (χ2v) is 5.87. The molecule has 0 saturated heterocycles. The van der Waals surface area contributed by atoms with Crippen molar-refractivity contribution in [2.45, 2.75) is 32.1 Å². The topological polar surface area (TPSA) is 12.9 Å². The molecule has 0 unspecified atom stereocenters. The highest BCUT2D eigenvalue weighted by molar-refractivity contribution is 7.10. The molecule has 0 fully saturated rings. The van der Waals surface area contributed by atoms with E-state index in [0.29, 0.717) is 11.1 Å². The monoisotopic (exact) mass is 339 g/mol. The fraction of sp³-hybridized carbons (Fsp3) is 0.357. The molecule has 0 aliphatic rings. The maximum absolute atomic E-state index is 13.1. The van der Waals surface area contributed by atoms with Crippen LogP contribution in [0, 0.1) is 0 Å². The summed E-state index contributed by atoms with van der Waals surface area (Å²) in [6, 6.07) is 1.59. The van der Waals surface area contributed by atoms with Gasteiger partial charge in [-0.2, -0.15) is 26.3 Å². The fourth-order valence-corrected chi connectivity index (χ4v) is 2.69. The predicted molar refractivity (Wildman–Crippen MR) is 71.6 cm³/mol. The van der Waals surface area contributed by atoms with Gasteiger partial charge < -0.3 is 0 Å². The third-order valence-corrected chi connectivity index (χ3v) is 4.09. The van der Waals surface area contributed by atoms with Gasteiger partial charge in [0, 0.05) is 16.9 Å². The molecule has 120 valence electrons. The third kappa shape index (κ3) is 3.43. The summed E-state index contributed by atoms with van der Waals surface area (Å²) >= 11 is 1.18. The first kappa shape index (κ1) is 16.8. The van der Waals surface area contributed by atoms with Gasteiger partial charge in [0.05, 0.1) is 21.8 Å². The van der Waals surface area contributed by atoms with Crippen molar-refractivity contribution in [3.05, 3.63) is 39.7 Å². The Labute approximate surface area is 126 Å². The first-order valence-corrected chi connectivity index (χ1v) is 7.12. The maximum Gasteiger partial charge on any atom is 0.417 e. The highest BCUT2D eigenvalue weighted by atomic mass is 32.1. The van der Waals surface area contributed by atoms with Gasteiger partial charge in [0.25, 0.3) is 0 Å². The Kier molecular flexibility index (Phi) is 4.25. The lowest BCUT2D eigenvalue weighted by atomic mass is 10.0. The standard InChI is InChI=1S/C14H11F6NS/c1-7(2)12-21-11(6-22-12)9-4-3-8(13(15,16)17)5-10(9)14(18,19)20/h3-7H,1-2H3. The van der Waals surface area contributed by atoms with Gasteiger partial charge in [-0.3, -0.25) is 0 Å². The van der Waals surface area contributed by atoms with Crippen LogP contribution >= 0.6 is 11.3 Å². The second kappa shape index (κ2) is 5.57. The van der Waals surface area contributed by atoms with E-state index in [-0.39, 0.29) is 23.2 Å². The third-order valence-electron chi connectivity index (χ3n) is 2.94. The summed E-state index contributed by atoms with van der Waals surface area (Å²) < 4.78 is 77.1. The SMILES string of the molecule is CC(C)c1nc(-c2ccc(C(F)(F)F)cc2C(F)(F)F)cs1. The van der Waals surface area contributed by atoms with Crippen LogP contribution in [0.15, 0.2) is 23.6 Å². The largest absolute Gasteiger partial charge is 0.417 e. The van der Waals surface area contributed by atoms with Crippen LogP contribution in [0.1, 0.15) is 35.9 Å². The van der Waals surface area contributed by atoms with E-state index < -0.39 is 23.5 Å². The molecule has 1 heterocycles. The Morgan fingerprint density at radius 2 is 1.64 bits per heavy atom. The number of thiazole rings is 1. The van der Waals surface area contributed by atoms with E-state index in [1.54, 1.807) is 0 Å². The van der Waals surface area contributed by atoms with Crippen LogP contribution in [-0.4, -0.2) is 4.98 Å². The van der Waals surface area contributed by atoms with E-state index in [1.165, 1.54) is 16.7 Å². The number of halogens is 6. The lowest BCUT2D eigenvalue weighted by molar-refractivity contribution is -0.142. The average Bonchev–Trinajstić information content (AvgIpc) is 2.85. The summed E-state index contributed by atoms with van der Waals surface area (Å²) in [4.78, 5) is 4.08. The molecule has 0 atom stereocenters. The van der Waals surface area contributed by atoms with Crippen LogP contribution in [0.5, 0.6) is 0 Å². The lowest BCUT2D eigenvalue weighted by Crippen LogP contribution is -2.12. The average molecular weight is 339 g/mol. The van der Waals surface area contributed by atoms with Gasteiger partial charge in [-0.25, -0.2) is 4.98 Å². The molecule has 0 bridgehead atoms. The van der Waals surface area contributed by atoms with Crippen molar-refractivity contribution in [2.24, 2.45) is 0 Å². The van der Waals surface area contributed by atoms with E-state index in [2.05, 4.69) is 4.98 Å². The number of aromatic nitrogens is 1. The summed E-state index contributed by atoms with van der Waals surface area (Å²) in [6.07, 6.45) is -9.72. The normalized spacial score (nSPS) is 13.0. The lowest BCUT2D eigenvalue weighted by Gasteiger charge is -2.15. The molecule has 2 aromatic rings. The molecule has 0 amide bonds. The zero-order chi connectivity index (χ0) is 16.7. The number of rotatable bonds is 2. The van der Waals surface area contributed by atoms with Crippen molar-refractivity contribution < 1.29 is 26.3 Å². The van der Waals surface area contributed by atoms with Crippen LogP contribution in [0.3, 0.4) is 0 Å². The summed E-state index contributed by atoms with van der Waals surface area (Å²) in [7, 11) is 0. The van der Waals surface area contributed by atoms with Gasteiger partial charge in [0.2, 0.25) is 0 Å². The number of hydrogen-bond donors (Lipinski definition) is 0. The van der Waals surface area contributed by atoms with E-state index in [0.717, 1.165) is 6.07 Å². The Morgan fingerprint density at radius 3 is 2.09 bits per heavy atom. The minimum atomic E-state index is -4.89. The molecule has 0 spiro atoms. The van der Waals surface area contributed by atoms with Crippen LogP contribution in [0.4, 0.5) is 26.3 Å². The molecular formula is C14H11F6NS. The summed E-state index contributed by atoms with van der Waals surface area (Å²) in [5.74, 6) is 0.0301. The molecule has 22 heavy (non-hydrogen) atoms. The van der Waals surface area contributed by atoms with E-state index >= 15 is 0 Å². The first-order valence-electron chi connectivity index (χ1n) is 6.24. The molecule has 0 saturated carbocycles. The van der Waals surface area contributed by atoms with Gasteiger partial charge in [-0.1, -0.05) is 19.9 Å². The number of benzene rings is 1. The maximum atomic E-state index is 13.1. The van der Waals surface area contributed by atoms with Crippen LogP contribution < -0.4 is 0 Å². The van der Waals surface area contributed by atoms with Crippen LogP contribution in [0.2, 0.25) is 0 Å². The number of hydrogen-bond acceptors (Lipinski definition) is 2. The smallest absolute Gasteiger partial charge is 0.241 e. The number of nitrogens with zero attached hydrogens (tertiary/aromatic N) is 1. The van der Waals surface area contributed by atoms with Crippen LogP contribution in [0.25, 0.3) is 11.3 Å². The van der Waals surface area contributed by atoms with E-state index in [4.69, 9.17) is 0 Å². The summed E-state index contributed by atoms with van der Waals surface area (Å²) in [5, 5.41) is 2.05. The Morgan fingerprint density at radius 1 is 1.00 bits per heavy atom. The molecule has 0 N–H and O–H groups in total. The Bertz CT molecular complexity index is 669. The molecule has 8 heteroatoms. The highest BCUT2D eigenvalue weighted by Gasteiger charge is 2.38. The van der Waals surface area contributed by atoms with Crippen molar-refractivity contribution in [1.82, 2.24) is 4.98 Å². The molecule has 1 nitrogen and oxygen atoms in total. The predicted octanol–water partition coefficient (Wildman–Crippen LogP) is 5.97. The zero-order valence-corrected chi connectivity index (χ0v) is 12.3. The fourth-order valence-electron chi connectivity index (χ4n) is 1.85. The van der Waals surface area contributed by atoms with Crippen molar-refractivity contribution in [3.63, 3.8) is 0 Å². The molecule has 0 radical (unpaired) electrons. The minimum absolute atomic E-state index is 0.0301. The Hall–Kier alpha value is -1.57. The first-order chi connectivity index (χ1) is 10.00. The van der Waals surface area contributed by atoms with Crippen molar-refractivity contribution in [3.8, 4) is 11.3 Å². The second-order valence-electron chi connectivity index (χ2n) is 4.98. The van der Waals surface area contributed by atoms with Crippen molar-refractivity contribution in [1.29, 1.82) is 0 Å². The van der Waals surface area contributed by atoms with Gasteiger partial charge in [0.1, 0.15) is 0 Å². The van der Waals surface area contributed by atoms with E-state index in [1.807, 2.05) is 13.8 Å².